The number of thioether (sulfide) groups is 1. The van der Waals surface area contributed by atoms with Crippen LogP contribution in [0.25, 0.3) is 22.6 Å². The van der Waals surface area contributed by atoms with Crippen LogP contribution in [0.15, 0.2) is 35.6 Å². The monoisotopic (exact) mass is 363 g/mol. The van der Waals surface area contributed by atoms with Crippen molar-refractivity contribution in [2.75, 3.05) is 5.75 Å². The third-order valence-corrected chi connectivity index (χ3v) is 4.58. The maximum absolute atomic E-state index is 12.9. The molecule has 0 aromatic carbocycles. The Labute approximate surface area is 145 Å². The van der Waals surface area contributed by atoms with Gasteiger partial charge >= 0.3 is 6.18 Å². The molecule has 0 aliphatic heterocycles. The van der Waals surface area contributed by atoms with E-state index in [-0.39, 0.29) is 5.52 Å². The van der Waals surface area contributed by atoms with Crippen LogP contribution in [0, 0.1) is 11.3 Å². The van der Waals surface area contributed by atoms with Crippen molar-refractivity contribution in [2.45, 2.75) is 17.5 Å². The fourth-order valence-electron chi connectivity index (χ4n) is 2.36. The zero-order chi connectivity index (χ0) is 18.0. The molecule has 0 bridgehead atoms. The summed E-state index contributed by atoms with van der Waals surface area (Å²) in [5.41, 5.74) is 0.458. The molecule has 0 radical (unpaired) electrons. The van der Waals surface area contributed by atoms with Gasteiger partial charge in [0.1, 0.15) is 11.3 Å². The SMILES string of the molecule is Cn1c(-c2ccncc2SCCC#N)nc2cc(C(F)(F)F)cnc21. The van der Waals surface area contributed by atoms with Crippen molar-refractivity contribution in [2.24, 2.45) is 7.05 Å². The summed E-state index contributed by atoms with van der Waals surface area (Å²) < 4.78 is 40.3. The number of nitrogens with zero attached hydrogens (tertiary/aromatic N) is 5. The van der Waals surface area contributed by atoms with Crippen molar-refractivity contribution in [1.82, 2.24) is 19.5 Å². The number of rotatable bonds is 4. The van der Waals surface area contributed by atoms with Gasteiger partial charge in [-0.1, -0.05) is 0 Å². The first kappa shape index (κ1) is 17.2. The quantitative estimate of drug-likeness (QED) is 0.517. The summed E-state index contributed by atoms with van der Waals surface area (Å²) in [4.78, 5) is 13.1. The minimum absolute atomic E-state index is 0.178. The van der Waals surface area contributed by atoms with Gasteiger partial charge in [-0.15, -0.1) is 11.8 Å². The highest BCUT2D eigenvalue weighted by atomic mass is 32.2. The standard InChI is InChI=1S/C16H12F3N5S/c1-24-14(11-3-5-21-9-13(11)25-6-2-4-20)23-12-7-10(16(17,18)19)8-22-15(12)24/h3,5,7-9H,2,6H2,1H3. The highest BCUT2D eigenvalue weighted by Crippen LogP contribution is 2.34. The molecule has 0 amide bonds. The molecule has 0 saturated carbocycles. The molecule has 128 valence electrons. The van der Waals surface area contributed by atoms with E-state index >= 15 is 0 Å². The van der Waals surface area contributed by atoms with Crippen LogP contribution < -0.4 is 0 Å². The van der Waals surface area contributed by atoms with E-state index in [9.17, 15) is 13.2 Å². The van der Waals surface area contributed by atoms with Crippen molar-refractivity contribution in [3.8, 4) is 17.5 Å². The van der Waals surface area contributed by atoms with E-state index in [4.69, 9.17) is 5.26 Å². The molecule has 0 saturated heterocycles. The molecule has 0 atom stereocenters. The molecule has 5 nitrogen and oxygen atoms in total. The third-order valence-electron chi connectivity index (χ3n) is 3.53. The largest absolute Gasteiger partial charge is 0.417 e. The van der Waals surface area contributed by atoms with Crippen LogP contribution in [-0.2, 0) is 13.2 Å². The minimum atomic E-state index is -4.46. The van der Waals surface area contributed by atoms with E-state index in [1.807, 2.05) is 0 Å². The second kappa shape index (κ2) is 6.72. The maximum Gasteiger partial charge on any atom is 0.417 e. The number of hydrogen-bond acceptors (Lipinski definition) is 5. The highest BCUT2D eigenvalue weighted by molar-refractivity contribution is 7.99. The average molecular weight is 363 g/mol. The summed E-state index contributed by atoms with van der Waals surface area (Å²) in [6, 6.07) is 4.82. The molecule has 9 heteroatoms. The number of nitriles is 1. The van der Waals surface area contributed by atoms with Crippen LogP contribution in [-0.4, -0.2) is 25.3 Å². The van der Waals surface area contributed by atoms with Crippen molar-refractivity contribution in [3.63, 3.8) is 0 Å². The molecule has 25 heavy (non-hydrogen) atoms. The van der Waals surface area contributed by atoms with Crippen LogP contribution in [0.1, 0.15) is 12.0 Å². The average Bonchev–Trinajstić information content (AvgIpc) is 2.91. The Hall–Kier alpha value is -2.60. The number of aromatic nitrogens is 4. The summed E-state index contributed by atoms with van der Waals surface area (Å²) in [6.45, 7) is 0. The fraction of sp³-hybridized carbons (Fsp3) is 0.250. The van der Waals surface area contributed by atoms with E-state index in [0.717, 1.165) is 22.7 Å². The highest BCUT2D eigenvalue weighted by Gasteiger charge is 2.31. The van der Waals surface area contributed by atoms with Crippen LogP contribution in [0.4, 0.5) is 13.2 Å². The van der Waals surface area contributed by atoms with Crippen LogP contribution >= 0.6 is 11.8 Å². The van der Waals surface area contributed by atoms with E-state index in [2.05, 4.69) is 21.0 Å². The van der Waals surface area contributed by atoms with E-state index < -0.39 is 11.7 Å². The number of halogens is 3. The number of aryl methyl sites for hydroxylation is 1. The fourth-order valence-corrected chi connectivity index (χ4v) is 3.22. The molecular weight excluding hydrogens is 351 g/mol. The number of imidazole rings is 1. The molecule has 0 spiro atoms. The van der Waals surface area contributed by atoms with Crippen molar-refractivity contribution >= 4 is 22.9 Å². The van der Waals surface area contributed by atoms with Gasteiger partial charge in [0, 0.05) is 48.3 Å². The lowest BCUT2D eigenvalue weighted by molar-refractivity contribution is -0.137. The van der Waals surface area contributed by atoms with Gasteiger partial charge in [-0.3, -0.25) is 4.98 Å². The van der Waals surface area contributed by atoms with Crippen molar-refractivity contribution in [3.05, 3.63) is 36.3 Å². The summed E-state index contributed by atoms with van der Waals surface area (Å²) in [7, 11) is 1.70. The molecule has 3 heterocycles. The molecule has 3 rings (SSSR count). The van der Waals surface area contributed by atoms with Crippen LogP contribution in [0.2, 0.25) is 0 Å². The molecule has 0 aliphatic rings. The Kier molecular flexibility index (Phi) is 4.63. The van der Waals surface area contributed by atoms with Gasteiger partial charge in [-0.25, -0.2) is 9.97 Å². The van der Waals surface area contributed by atoms with Gasteiger partial charge in [0.15, 0.2) is 5.65 Å². The first-order chi connectivity index (χ1) is 11.9. The maximum atomic E-state index is 12.9. The van der Waals surface area contributed by atoms with Crippen LogP contribution in [0.5, 0.6) is 0 Å². The summed E-state index contributed by atoms with van der Waals surface area (Å²) in [5.74, 6) is 1.10. The van der Waals surface area contributed by atoms with E-state index in [1.165, 1.54) is 11.8 Å². The zero-order valence-electron chi connectivity index (χ0n) is 13.1. The first-order valence-electron chi connectivity index (χ1n) is 7.25. The molecule has 0 N–H and O–H groups in total. The number of hydrogen-bond donors (Lipinski definition) is 0. The summed E-state index contributed by atoms with van der Waals surface area (Å²) >= 11 is 1.45. The van der Waals surface area contributed by atoms with Crippen molar-refractivity contribution in [1.29, 1.82) is 5.26 Å². The number of fused-ring (bicyclic) bond motifs is 1. The van der Waals surface area contributed by atoms with Crippen LogP contribution in [0.3, 0.4) is 0 Å². The van der Waals surface area contributed by atoms with Gasteiger partial charge in [0.2, 0.25) is 0 Å². The number of pyridine rings is 2. The lowest BCUT2D eigenvalue weighted by atomic mass is 10.2. The molecular formula is C16H12F3N5S. The molecule has 0 fully saturated rings. The lowest BCUT2D eigenvalue weighted by Crippen LogP contribution is -2.05. The number of alkyl halides is 3. The normalized spacial score (nSPS) is 11.6. The second-order valence-electron chi connectivity index (χ2n) is 5.19. The molecule has 3 aromatic rings. The minimum Gasteiger partial charge on any atom is -0.312 e. The Bertz CT molecular complexity index is 959. The lowest BCUT2D eigenvalue weighted by Gasteiger charge is -2.07. The van der Waals surface area contributed by atoms with Gasteiger partial charge in [0.05, 0.1) is 11.6 Å². The topological polar surface area (TPSA) is 67.4 Å². The Morgan fingerprint density at radius 1 is 1.32 bits per heavy atom. The smallest absolute Gasteiger partial charge is 0.312 e. The third kappa shape index (κ3) is 3.44. The Balaban J connectivity index is 2.08. The predicted molar refractivity (Wildman–Crippen MR) is 87.7 cm³/mol. The predicted octanol–water partition coefficient (Wildman–Crippen LogP) is 4.05. The van der Waals surface area contributed by atoms with Crippen molar-refractivity contribution < 1.29 is 13.2 Å². The zero-order valence-corrected chi connectivity index (χ0v) is 13.9. The van der Waals surface area contributed by atoms with E-state index in [1.54, 1.807) is 30.1 Å². The van der Waals surface area contributed by atoms with Gasteiger partial charge in [0.25, 0.3) is 0 Å². The molecule has 0 unspecified atom stereocenters. The second-order valence-corrected chi connectivity index (χ2v) is 6.32. The van der Waals surface area contributed by atoms with Gasteiger partial charge in [-0.2, -0.15) is 18.4 Å². The Morgan fingerprint density at radius 2 is 2.12 bits per heavy atom. The first-order valence-corrected chi connectivity index (χ1v) is 8.24. The summed E-state index contributed by atoms with van der Waals surface area (Å²) in [5, 5.41) is 8.67. The molecule has 0 aliphatic carbocycles. The molecule has 3 aromatic heterocycles. The summed E-state index contributed by atoms with van der Waals surface area (Å²) in [6.07, 6.45) is -0.0162. The Morgan fingerprint density at radius 3 is 2.84 bits per heavy atom. The van der Waals surface area contributed by atoms with Gasteiger partial charge in [-0.05, 0) is 12.1 Å². The van der Waals surface area contributed by atoms with Gasteiger partial charge < -0.3 is 4.57 Å². The van der Waals surface area contributed by atoms with E-state index in [0.29, 0.717) is 23.6 Å².